The zero-order valence-electron chi connectivity index (χ0n) is 11.8. The third kappa shape index (κ3) is 2.94. The lowest BCUT2D eigenvalue weighted by Crippen LogP contribution is -2.05. The molecule has 118 valence electrons. The molecule has 0 fully saturated rings. The number of aliphatic hydroxyl groups excluding tert-OH is 1. The van der Waals surface area contributed by atoms with Gasteiger partial charge in [0.25, 0.3) is 0 Å². The third-order valence-corrected chi connectivity index (χ3v) is 4.72. The highest BCUT2D eigenvalue weighted by atomic mass is 79.9. The van der Waals surface area contributed by atoms with Crippen LogP contribution in [0.1, 0.15) is 21.7 Å². The molecular formula is C17H12Br2O4. The molecule has 0 saturated carbocycles. The molecule has 1 heterocycles. The number of hydrogen-bond donors (Lipinski definition) is 2. The van der Waals surface area contributed by atoms with Crippen LogP contribution in [0.3, 0.4) is 0 Å². The van der Waals surface area contributed by atoms with Crippen molar-refractivity contribution in [2.24, 2.45) is 0 Å². The molecule has 6 heteroatoms. The van der Waals surface area contributed by atoms with Gasteiger partial charge in [0, 0.05) is 17.4 Å². The van der Waals surface area contributed by atoms with Crippen LogP contribution < -0.4 is 0 Å². The van der Waals surface area contributed by atoms with Crippen LogP contribution in [-0.2, 0) is 6.42 Å². The van der Waals surface area contributed by atoms with Gasteiger partial charge < -0.3 is 14.6 Å². The Morgan fingerprint density at radius 3 is 2.43 bits per heavy atom. The number of carbonyl (C=O) groups excluding carboxylic acids is 1. The number of rotatable bonds is 4. The van der Waals surface area contributed by atoms with Crippen molar-refractivity contribution in [3.8, 4) is 5.75 Å². The first kappa shape index (κ1) is 16.2. The van der Waals surface area contributed by atoms with Crippen LogP contribution in [0.4, 0.5) is 0 Å². The molecule has 0 aliphatic heterocycles. The first-order chi connectivity index (χ1) is 11.0. The lowest BCUT2D eigenvalue weighted by molar-refractivity contribution is 0.103. The van der Waals surface area contributed by atoms with Crippen molar-refractivity contribution in [2.75, 3.05) is 6.61 Å². The fraction of sp³-hybridized carbons (Fsp3) is 0.118. The van der Waals surface area contributed by atoms with Crippen molar-refractivity contribution in [1.29, 1.82) is 0 Å². The minimum atomic E-state index is -0.222. The number of aromatic hydroxyl groups is 1. The molecule has 23 heavy (non-hydrogen) atoms. The molecule has 3 rings (SSSR count). The molecule has 0 saturated heterocycles. The average Bonchev–Trinajstić information content (AvgIpc) is 2.89. The van der Waals surface area contributed by atoms with Crippen LogP contribution in [0.15, 0.2) is 49.8 Å². The fourth-order valence-corrected chi connectivity index (χ4v) is 3.65. The Hall–Kier alpha value is -1.63. The summed E-state index contributed by atoms with van der Waals surface area (Å²) in [6.45, 7) is -0.108. The monoisotopic (exact) mass is 438 g/mol. The topological polar surface area (TPSA) is 70.7 Å². The quantitative estimate of drug-likeness (QED) is 0.590. The summed E-state index contributed by atoms with van der Waals surface area (Å²) >= 11 is 6.46. The number of para-hydroxylation sites is 1. The fourth-order valence-electron chi connectivity index (χ4n) is 2.46. The number of carbonyl (C=O) groups is 1. The lowest BCUT2D eigenvalue weighted by Gasteiger charge is -2.06. The molecular weight excluding hydrogens is 428 g/mol. The molecule has 2 aromatic carbocycles. The number of halogens is 2. The van der Waals surface area contributed by atoms with Gasteiger partial charge >= 0.3 is 0 Å². The molecule has 0 aliphatic carbocycles. The number of ketones is 1. The molecule has 1 aromatic heterocycles. The van der Waals surface area contributed by atoms with Gasteiger partial charge in [0.15, 0.2) is 5.78 Å². The van der Waals surface area contributed by atoms with Gasteiger partial charge in [-0.05, 0) is 50.1 Å². The van der Waals surface area contributed by atoms with Crippen LogP contribution in [0.2, 0.25) is 0 Å². The number of aliphatic hydroxyl groups is 1. The Labute approximate surface area is 149 Å². The minimum Gasteiger partial charge on any atom is -0.506 e. The maximum Gasteiger partial charge on any atom is 0.197 e. The van der Waals surface area contributed by atoms with E-state index in [9.17, 15) is 15.0 Å². The SMILES string of the molecule is O=C(c1cc(Br)c(O)c(Br)c1)c1c(CCO)oc2ccccc12. The van der Waals surface area contributed by atoms with Gasteiger partial charge in [-0.3, -0.25) is 4.79 Å². The maximum absolute atomic E-state index is 13.0. The Bertz CT molecular complexity index is 876. The number of hydrogen-bond acceptors (Lipinski definition) is 4. The molecule has 0 atom stereocenters. The number of phenols is 1. The second-order valence-electron chi connectivity index (χ2n) is 4.99. The van der Waals surface area contributed by atoms with Crippen LogP contribution in [0, 0.1) is 0 Å². The van der Waals surface area contributed by atoms with Gasteiger partial charge in [0.2, 0.25) is 0 Å². The van der Waals surface area contributed by atoms with Crippen LogP contribution in [0.5, 0.6) is 5.75 Å². The van der Waals surface area contributed by atoms with Crippen LogP contribution >= 0.6 is 31.9 Å². The minimum absolute atomic E-state index is 0.0363. The van der Waals surface area contributed by atoms with E-state index in [2.05, 4.69) is 31.9 Å². The van der Waals surface area contributed by atoms with Gasteiger partial charge in [-0.2, -0.15) is 0 Å². The lowest BCUT2D eigenvalue weighted by atomic mass is 9.99. The summed E-state index contributed by atoms with van der Waals surface area (Å²) in [4.78, 5) is 13.0. The van der Waals surface area contributed by atoms with E-state index in [0.717, 1.165) is 0 Å². The molecule has 2 N–H and O–H groups in total. The zero-order valence-corrected chi connectivity index (χ0v) is 15.0. The van der Waals surface area contributed by atoms with E-state index < -0.39 is 0 Å². The van der Waals surface area contributed by atoms with Crippen molar-refractivity contribution in [3.05, 3.63) is 62.2 Å². The van der Waals surface area contributed by atoms with Crippen molar-refractivity contribution in [1.82, 2.24) is 0 Å². The molecule has 4 nitrogen and oxygen atoms in total. The van der Waals surface area contributed by atoms with E-state index >= 15 is 0 Å². The highest BCUT2D eigenvalue weighted by Gasteiger charge is 2.22. The van der Waals surface area contributed by atoms with E-state index in [4.69, 9.17) is 4.42 Å². The van der Waals surface area contributed by atoms with Crippen molar-refractivity contribution in [2.45, 2.75) is 6.42 Å². The number of phenolic OH excluding ortho intramolecular Hbond substituents is 1. The first-order valence-electron chi connectivity index (χ1n) is 6.87. The highest BCUT2D eigenvalue weighted by molar-refractivity contribution is 9.11. The standard InChI is InChI=1S/C17H12Br2O4/c18-11-7-9(8-12(19)17(11)22)16(21)15-10-3-1-2-4-13(10)23-14(15)5-6-20/h1-4,7-8,20,22H,5-6H2. The largest absolute Gasteiger partial charge is 0.506 e. The van der Waals surface area contributed by atoms with E-state index in [1.54, 1.807) is 18.2 Å². The molecule has 0 bridgehead atoms. The van der Waals surface area contributed by atoms with E-state index in [0.29, 0.717) is 36.8 Å². The summed E-state index contributed by atoms with van der Waals surface area (Å²) in [5.41, 5.74) is 1.46. The van der Waals surface area contributed by atoms with Gasteiger partial charge in [0.1, 0.15) is 17.1 Å². The Balaban J connectivity index is 2.19. The molecule has 3 aromatic rings. The van der Waals surface area contributed by atoms with Gasteiger partial charge in [-0.15, -0.1) is 0 Å². The van der Waals surface area contributed by atoms with E-state index in [1.807, 2.05) is 18.2 Å². The summed E-state index contributed by atoms with van der Waals surface area (Å²) in [6, 6.07) is 10.4. The van der Waals surface area contributed by atoms with Crippen molar-refractivity contribution in [3.63, 3.8) is 0 Å². The second kappa shape index (κ2) is 6.47. The maximum atomic E-state index is 13.0. The zero-order chi connectivity index (χ0) is 16.6. The molecule has 0 unspecified atom stereocenters. The summed E-state index contributed by atoms with van der Waals surface area (Å²) in [6.07, 6.45) is 0.260. The van der Waals surface area contributed by atoms with Gasteiger partial charge in [-0.25, -0.2) is 0 Å². The summed E-state index contributed by atoms with van der Waals surface area (Å²) in [5.74, 6) is 0.271. The van der Waals surface area contributed by atoms with Crippen molar-refractivity contribution < 1.29 is 19.4 Å². The van der Waals surface area contributed by atoms with Crippen LogP contribution in [0.25, 0.3) is 11.0 Å². The number of fused-ring (bicyclic) bond motifs is 1. The normalized spacial score (nSPS) is 11.1. The van der Waals surface area contributed by atoms with E-state index in [1.165, 1.54) is 0 Å². The Morgan fingerprint density at radius 2 is 1.78 bits per heavy atom. The third-order valence-electron chi connectivity index (χ3n) is 3.51. The molecule has 0 spiro atoms. The van der Waals surface area contributed by atoms with Crippen LogP contribution in [-0.4, -0.2) is 22.6 Å². The molecule has 0 aliphatic rings. The predicted molar refractivity (Wildman–Crippen MR) is 93.9 cm³/mol. The highest BCUT2D eigenvalue weighted by Crippen LogP contribution is 2.35. The predicted octanol–water partition coefficient (Wildman–Crippen LogP) is 4.43. The summed E-state index contributed by atoms with van der Waals surface area (Å²) in [5, 5.41) is 19.7. The first-order valence-corrected chi connectivity index (χ1v) is 8.45. The summed E-state index contributed by atoms with van der Waals surface area (Å²) < 4.78 is 6.56. The molecule has 0 radical (unpaired) electrons. The molecule has 0 amide bonds. The van der Waals surface area contributed by atoms with E-state index in [-0.39, 0.29) is 24.6 Å². The second-order valence-corrected chi connectivity index (χ2v) is 6.70. The number of benzene rings is 2. The Morgan fingerprint density at radius 1 is 1.13 bits per heavy atom. The average molecular weight is 440 g/mol. The van der Waals surface area contributed by atoms with Gasteiger partial charge in [-0.1, -0.05) is 18.2 Å². The van der Waals surface area contributed by atoms with Crippen molar-refractivity contribution >= 4 is 48.6 Å². The summed E-state index contributed by atoms with van der Waals surface area (Å²) in [7, 11) is 0. The smallest absolute Gasteiger partial charge is 0.197 e. The van der Waals surface area contributed by atoms with Gasteiger partial charge in [0.05, 0.1) is 21.1 Å². The Kier molecular flexibility index (Phi) is 4.57. The number of furan rings is 1.